The van der Waals surface area contributed by atoms with Gasteiger partial charge in [-0.15, -0.1) is 0 Å². The maximum atomic E-state index is 13.3. The van der Waals surface area contributed by atoms with Gasteiger partial charge in [-0.05, 0) is 23.3 Å². The van der Waals surface area contributed by atoms with Gasteiger partial charge in [0.2, 0.25) is 11.8 Å². The van der Waals surface area contributed by atoms with E-state index in [-0.39, 0.29) is 12.5 Å². The van der Waals surface area contributed by atoms with Crippen molar-refractivity contribution in [3.05, 3.63) is 48.0 Å². The maximum absolute atomic E-state index is 13.3. The molecule has 0 aliphatic carbocycles. The smallest absolute Gasteiger partial charge is 0.325 e. The van der Waals surface area contributed by atoms with Gasteiger partial charge in [-0.25, -0.2) is 4.79 Å². The molecule has 0 radical (unpaired) electrons. The molecule has 2 saturated heterocycles. The highest BCUT2D eigenvalue weighted by Gasteiger charge is 2.50. The number of carbonyl (C=O) groups excluding carboxylic acids is 4. The van der Waals surface area contributed by atoms with Crippen molar-refractivity contribution in [1.82, 2.24) is 20.0 Å². The van der Waals surface area contributed by atoms with Crippen molar-refractivity contribution in [2.45, 2.75) is 12.5 Å². The van der Waals surface area contributed by atoms with Crippen LogP contribution in [0.4, 0.5) is 4.79 Å². The summed E-state index contributed by atoms with van der Waals surface area (Å²) in [6.07, 6.45) is 0. The van der Waals surface area contributed by atoms with Crippen molar-refractivity contribution in [1.29, 1.82) is 0 Å². The molecule has 1 N–H and O–H groups in total. The van der Waals surface area contributed by atoms with Crippen molar-refractivity contribution in [2.24, 2.45) is 0 Å². The average molecular weight is 438 g/mol. The Morgan fingerprint density at radius 2 is 1.78 bits per heavy atom. The lowest BCUT2D eigenvalue weighted by atomic mass is 9.88. The van der Waals surface area contributed by atoms with Gasteiger partial charge in [0.25, 0.3) is 5.91 Å². The highest BCUT2D eigenvalue weighted by Crippen LogP contribution is 2.33. The fourth-order valence-electron chi connectivity index (χ4n) is 4.14. The topological polar surface area (TPSA) is 99.3 Å². The van der Waals surface area contributed by atoms with E-state index in [0.717, 1.165) is 15.7 Å². The standard InChI is InChI=1S/C23H26N4O5/c1-23(18-9-5-7-16-6-3-4-8-17(16)18)21(30)27(22(31)24-23)15-19(28)25(2)14-20(29)26-10-12-32-13-11-26/h3-9H,10-15H2,1-2H3,(H,24,31). The van der Waals surface area contributed by atoms with Gasteiger partial charge in [-0.2, -0.15) is 0 Å². The number of amides is 5. The minimum absolute atomic E-state index is 0.122. The van der Waals surface area contributed by atoms with E-state index in [2.05, 4.69) is 5.32 Å². The van der Waals surface area contributed by atoms with E-state index in [1.54, 1.807) is 17.9 Å². The molecular weight excluding hydrogens is 412 g/mol. The zero-order chi connectivity index (χ0) is 22.9. The summed E-state index contributed by atoms with van der Waals surface area (Å²) in [6.45, 7) is 3.00. The van der Waals surface area contributed by atoms with Crippen LogP contribution in [0.15, 0.2) is 42.5 Å². The number of benzene rings is 2. The molecule has 32 heavy (non-hydrogen) atoms. The van der Waals surface area contributed by atoms with Gasteiger partial charge in [-0.3, -0.25) is 19.3 Å². The molecule has 9 nitrogen and oxygen atoms in total. The highest BCUT2D eigenvalue weighted by molar-refractivity contribution is 6.10. The second kappa shape index (κ2) is 8.58. The van der Waals surface area contributed by atoms with E-state index in [4.69, 9.17) is 4.74 Å². The lowest BCUT2D eigenvalue weighted by Gasteiger charge is -2.29. The van der Waals surface area contributed by atoms with Gasteiger partial charge >= 0.3 is 6.03 Å². The second-order valence-electron chi connectivity index (χ2n) is 8.22. The molecule has 2 heterocycles. The van der Waals surface area contributed by atoms with Crippen LogP contribution in [0.1, 0.15) is 12.5 Å². The molecule has 0 spiro atoms. The van der Waals surface area contributed by atoms with Crippen molar-refractivity contribution in [3.8, 4) is 0 Å². The van der Waals surface area contributed by atoms with Crippen LogP contribution in [0.5, 0.6) is 0 Å². The summed E-state index contributed by atoms with van der Waals surface area (Å²) in [5.74, 6) is -1.18. The van der Waals surface area contributed by atoms with Crippen LogP contribution in [0.25, 0.3) is 10.8 Å². The largest absolute Gasteiger partial charge is 0.378 e. The Balaban J connectivity index is 1.48. The first-order valence-electron chi connectivity index (χ1n) is 10.5. The average Bonchev–Trinajstić information content (AvgIpc) is 3.02. The first-order chi connectivity index (χ1) is 15.3. The summed E-state index contributed by atoms with van der Waals surface area (Å²) in [7, 11) is 1.49. The Hall–Kier alpha value is -3.46. The fourth-order valence-corrected chi connectivity index (χ4v) is 4.14. The Labute approximate surface area is 185 Å². The molecule has 1 unspecified atom stereocenters. The van der Waals surface area contributed by atoms with Gasteiger partial charge < -0.3 is 19.9 Å². The Morgan fingerprint density at radius 3 is 2.53 bits per heavy atom. The van der Waals surface area contributed by atoms with Gasteiger partial charge in [-0.1, -0.05) is 42.5 Å². The molecule has 5 amide bonds. The summed E-state index contributed by atoms with van der Waals surface area (Å²) in [4.78, 5) is 54.9. The number of fused-ring (bicyclic) bond motifs is 1. The van der Waals surface area contributed by atoms with Crippen molar-refractivity contribution in [2.75, 3.05) is 46.4 Å². The number of imide groups is 1. The van der Waals surface area contributed by atoms with Crippen LogP contribution in [0.2, 0.25) is 0 Å². The quantitative estimate of drug-likeness (QED) is 0.700. The molecule has 2 fully saturated rings. The van der Waals surface area contributed by atoms with Crippen LogP contribution in [-0.4, -0.2) is 84.9 Å². The number of nitrogens with one attached hydrogen (secondary N) is 1. The van der Waals surface area contributed by atoms with Crippen LogP contribution >= 0.6 is 0 Å². The summed E-state index contributed by atoms with van der Waals surface area (Å²) in [5.41, 5.74) is -0.625. The number of hydrogen-bond donors (Lipinski definition) is 1. The zero-order valence-corrected chi connectivity index (χ0v) is 18.2. The SMILES string of the molecule is CN(CC(=O)N1CCOCC1)C(=O)CN1C(=O)NC(C)(c2cccc3ccccc23)C1=O. The van der Waals surface area contributed by atoms with Crippen LogP contribution in [0, 0.1) is 0 Å². The third-order valence-electron chi connectivity index (χ3n) is 6.06. The van der Waals surface area contributed by atoms with E-state index < -0.39 is 29.9 Å². The number of likely N-dealkylation sites (N-methyl/N-ethyl adjacent to an activating group) is 1. The molecule has 2 aromatic rings. The molecule has 4 rings (SSSR count). The predicted molar refractivity (Wildman–Crippen MR) is 117 cm³/mol. The van der Waals surface area contributed by atoms with E-state index in [1.807, 2.05) is 36.4 Å². The lowest BCUT2D eigenvalue weighted by molar-refractivity contribution is -0.143. The van der Waals surface area contributed by atoms with Crippen LogP contribution < -0.4 is 5.32 Å². The first-order valence-corrected chi connectivity index (χ1v) is 10.5. The molecule has 0 bridgehead atoms. The number of ether oxygens (including phenoxy) is 1. The third kappa shape index (κ3) is 3.91. The number of rotatable bonds is 5. The molecule has 168 valence electrons. The zero-order valence-electron chi connectivity index (χ0n) is 18.2. The number of hydrogen-bond acceptors (Lipinski definition) is 5. The number of urea groups is 1. The predicted octanol–water partition coefficient (Wildman–Crippen LogP) is 0.924. The fraction of sp³-hybridized carbons (Fsp3) is 0.391. The highest BCUT2D eigenvalue weighted by atomic mass is 16.5. The van der Waals surface area contributed by atoms with E-state index >= 15 is 0 Å². The third-order valence-corrected chi connectivity index (χ3v) is 6.06. The minimum atomic E-state index is -1.29. The molecule has 1 atom stereocenters. The summed E-state index contributed by atoms with van der Waals surface area (Å²) < 4.78 is 5.23. The summed E-state index contributed by atoms with van der Waals surface area (Å²) >= 11 is 0. The monoisotopic (exact) mass is 438 g/mol. The second-order valence-corrected chi connectivity index (χ2v) is 8.22. The molecule has 0 saturated carbocycles. The van der Waals surface area contributed by atoms with Gasteiger partial charge in [0.05, 0.1) is 19.8 Å². The Bertz CT molecular complexity index is 1080. The molecule has 2 aliphatic heterocycles. The van der Waals surface area contributed by atoms with Crippen molar-refractivity contribution < 1.29 is 23.9 Å². The summed E-state index contributed by atoms with van der Waals surface area (Å²) in [5, 5.41) is 4.56. The maximum Gasteiger partial charge on any atom is 0.325 e. The molecule has 2 aliphatic rings. The van der Waals surface area contributed by atoms with Gasteiger partial charge in [0, 0.05) is 20.1 Å². The van der Waals surface area contributed by atoms with E-state index in [1.165, 1.54) is 11.9 Å². The van der Waals surface area contributed by atoms with Crippen molar-refractivity contribution in [3.63, 3.8) is 0 Å². The molecule has 0 aromatic heterocycles. The van der Waals surface area contributed by atoms with E-state index in [9.17, 15) is 19.2 Å². The van der Waals surface area contributed by atoms with Gasteiger partial charge in [0.15, 0.2) is 0 Å². The number of morpholine rings is 1. The molecule has 2 aromatic carbocycles. The van der Waals surface area contributed by atoms with Crippen LogP contribution in [0.3, 0.4) is 0 Å². The molecular formula is C23H26N4O5. The Kier molecular flexibility index (Phi) is 5.84. The summed E-state index contributed by atoms with van der Waals surface area (Å²) in [6, 6.07) is 12.6. The molecule has 9 heteroatoms. The van der Waals surface area contributed by atoms with Crippen molar-refractivity contribution >= 4 is 34.5 Å². The number of nitrogens with zero attached hydrogens (tertiary/aromatic N) is 3. The Morgan fingerprint density at radius 1 is 1.09 bits per heavy atom. The normalized spacial score (nSPS) is 21.1. The van der Waals surface area contributed by atoms with Crippen LogP contribution in [-0.2, 0) is 24.7 Å². The minimum Gasteiger partial charge on any atom is -0.378 e. The number of carbonyl (C=O) groups is 4. The van der Waals surface area contributed by atoms with Gasteiger partial charge in [0.1, 0.15) is 12.1 Å². The van der Waals surface area contributed by atoms with E-state index in [0.29, 0.717) is 31.9 Å². The lowest BCUT2D eigenvalue weighted by Crippen LogP contribution is -2.48. The first kappa shape index (κ1) is 21.8.